The minimum absolute atomic E-state index is 0.0195. The molecule has 6 nitrogen and oxygen atoms in total. The zero-order valence-electron chi connectivity index (χ0n) is 17.1. The second kappa shape index (κ2) is 9.53. The fourth-order valence-corrected chi connectivity index (χ4v) is 5.68. The SMILES string of the molecule is CC(C(=O)NC1CCN(CC2CCCCC2)CC1)n1c(-c2cccs2)n[nH]c1=S. The van der Waals surface area contributed by atoms with Crippen LogP contribution in [0, 0.1) is 10.7 Å². The number of H-pyrrole nitrogens is 1. The van der Waals surface area contributed by atoms with Crippen LogP contribution in [0.2, 0.25) is 0 Å². The van der Waals surface area contributed by atoms with Gasteiger partial charge in [-0.25, -0.2) is 0 Å². The molecular weight excluding hydrogens is 402 g/mol. The predicted molar refractivity (Wildman–Crippen MR) is 120 cm³/mol. The molecule has 4 rings (SSSR count). The fourth-order valence-electron chi connectivity index (χ4n) is 4.68. The highest BCUT2D eigenvalue weighted by atomic mass is 32.1. The van der Waals surface area contributed by atoms with Gasteiger partial charge in [-0.2, -0.15) is 5.10 Å². The van der Waals surface area contributed by atoms with Gasteiger partial charge < -0.3 is 10.2 Å². The number of carbonyl (C=O) groups is 1. The summed E-state index contributed by atoms with van der Waals surface area (Å²) >= 11 is 7.00. The fraction of sp³-hybridized carbons (Fsp3) is 0.667. The lowest BCUT2D eigenvalue weighted by molar-refractivity contribution is -0.124. The number of aromatic nitrogens is 3. The minimum Gasteiger partial charge on any atom is -0.351 e. The third-order valence-corrected chi connectivity index (χ3v) is 7.54. The third-order valence-electron chi connectivity index (χ3n) is 6.39. The topological polar surface area (TPSA) is 66.0 Å². The van der Waals surface area contributed by atoms with E-state index in [2.05, 4.69) is 20.4 Å². The van der Waals surface area contributed by atoms with E-state index in [9.17, 15) is 4.79 Å². The summed E-state index contributed by atoms with van der Waals surface area (Å²) in [7, 11) is 0. The molecule has 1 saturated carbocycles. The van der Waals surface area contributed by atoms with Gasteiger partial charge in [-0.1, -0.05) is 25.3 Å². The molecule has 1 saturated heterocycles. The van der Waals surface area contributed by atoms with Gasteiger partial charge in [0.25, 0.3) is 0 Å². The summed E-state index contributed by atoms with van der Waals surface area (Å²) in [4.78, 5) is 16.6. The van der Waals surface area contributed by atoms with Gasteiger partial charge in [0.15, 0.2) is 10.6 Å². The molecule has 2 aromatic rings. The van der Waals surface area contributed by atoms with Crippen molar-refractivity contribution in [2.45, 2.75) is 64.0 Å². The van der Waals surface area contributed by atoms with Crippen LogP contribution in [0.1, 0.15) is 57.9 Å². The number of likely N-dealkylation sites (tertiary alicyclic amines) is 1. The summed E-state index contributed by atoms with van der Waals surface area (Å²) in [5.41, 5.74) is 0. The van der Waals surface area contributed by atoms with Crippen molar-refractivity contribution < 1.29 is 4.79 Å². The smallest absolute Gasteiger partial charge is 0.243 e. The number of amides is 1. The van der Waals surface area contributed by atoms with Crippen LogP contribution in [0.15, 0.2) is 17.5 Å². The van der Waals surface area contributed by atoms with Crippen molar-refractivity contribution >= 4 is 29.5 Å². The van der Waals surface area contributed by atoms with Crippen molar-refractivity contribution in [2.24, 2.45) is 5.92 Å². The van der Waals surface area contributed by atoms with Crippen molar-refractivity contribution in [3.8, 4) is 10.7 Å². The van der Waals surface area contributed by atoms with Crippen LogP contribution in [0.3, 0.4) is 0 Å². The van der Waals surface area contributed by atoms with E-state index < -0.39 is 6.04 Å². The first-order valence-electron chi connectivity index (χ1n) is 10.9. The molecule has 1 aliphatic carbocycles. The van der Waals surface area contributed by atoms with Gasteiger partial charge in [0.1, 0.15) is 6.04 Å². The summed E-state index contributed by atoms with van der Waals surface area (Å²) in [6.07, 6.45) is 9.06. The normalized spacial score (nSPS) is 20.6. The molecule has 1 atom stereocenters. The minimum atomic E-state index is -0.390. The van der Waals surface area contributed by atoms with Gasteiger partial charge in [0, 0.05) is 25.7 Å². The Bertz CT molecular complexity index is 845. The monoisotopic (exact) mass is 433 g/mol. The van der Waals surface area contributed by atoms with Crippen LogP contribution >= 0.6 is 23.6 Å². The Morgan fingerprint density at radius 2 is 2.07 bits per heavy atom. The summed E-state index contributed by atoms with van der Waals surface area (Å²) in [5.74, 6) is 1.63. The summed E-state index contributed by atoms with van der Waals surface area (Å²) in [6, 6.07) is 3.84. The van der Waals surface area contributed by atoms with Gasteiger partial charge in [-0.3, -0.25) is 14.5 Å². The zero-order valence-corrected chi connectivity index (χ0v) is 18.7. The molecule has 1 amide bonds. The maximum absolute atomic E-state index is 13.0. The quantitative estimate of drug-likeness (QED) is 0.663. The van der Waals surface area contributed by atoms with Crippen LogP contribution in [-0.2, 0) is 4.79 Å². The van der Waals surface area contributed by atoms with E-state index in [1.165, 1.54) is 38.6 Å². The Kier molecular flexibility index (Phi) is 6.82. The van der Waals surface area contributed by atoms with Gasteiger partial charge in [-0.05, 0) is 62.2 Å². The molecule has 2 N–H and O–H groups in total. The zero-order chi connectivity index (χ0) is 20.2. The maximum Gasteiger partial charge on any atom is 0.243 e. The number of rotatable bonds is 6. The first-order valence-corrected chi connectivity index (χ1v) is 12.1. The predicted octanol–water partition coefficient (Wildman–Crippen LogP) is 4.39. The average Bonchev–Trinajstić information content (AvgIpc) is 3.39. The highest BCUT2D eigenvalue weighted by Crippen LogP contribution is 2.27. The van der Waals surface area contributed by atoms with E-state index in [0.717, 1.165) is 42.6 Å². The summed E-state index contributed by atoms with van der Waals surface area (Å²) < 4.78 is 2.31. The maximum atomic E-state index is 13.0. The molecule has 29 heavy (non-hydrogen) atoms. The number of nitrogens with one attached hydrogen (secondary N) is 2. The largest absolute Gasteiger partial charge is 0.351 e. The number of aromatic amines is 1. The van der Waals surface area contributed by atoms with Crippen molar-refractivity contribution in [2.75, 3.05) is 19.6 Å². The molecule has 0 aromatic carbocycles. The molecular formula is C21H31N5OS2. The van der Waals surface area contributed by atoms with Crippen LogP contribution in [-0.4, -0.2) is 51.2 Å². The number of thiophene rings is 1. The van der Waals surface area contributed by atoms with Crippen LogP contribution in [0.5, 0.6) is 0 Å². The molecule has 0 spiro atoms. The van der Waals surface area contributed by atoms with E-state index in [4.69, 9.17) is 12.2 Å². The molecule has 0 radical (unpaired) electrons. The number of hydrogen-bond donors (Lipinski definition) is 2. The van der Waals surface area contributed by atoms with Crippen molar-refractivity contribution in [1.82, 2.24) is 25.0 Å². The lowest BCUT2D eigenvalue weighted by Gasteiger charge is -2.36. The van der Waals surface area contributed by atoms with E-state index >= 15 is 0 Å². The first-order chi connectivity index (χ1) is 14.1. The molecule has 8 heteroatoms. The van der Waals surface area contributed by atoms with Crippen molar-refractivity contribution in [3.05, 3.63) is 22.3 Å². The van der Waals surface area contributed by atoms with E-state index in [1.807, 2.05) is 29.0 Å². The van der Waals surface area contributed by atoms with Crippen molar-refractivity contribution in [1.29, 1.82) is 0 Å². The Balaban J connectivity index is 1.31. The Hall–Kier alpha value is -1.51. The second-order valence-electron chi connectivity index (χ2n) is 8.46. The molecule has 3 heterocycles. The van der Waals surface area contributed by atoms with Crippen LogP contribution in [0.25, 0.3) is 10.7 Å². The molecule has 2 aromatic heterocycles. The molecule has 0 bridgehead atoms. The Labute approximate surface area is 181 Å². The van der Waals surface area contributed by atoms with E-state index in [0.29, 0.717) is 4.77 Å². The molecule has 2 aliphatic rings. The van der Waals surface area contributed by atoms with Gasteiger partial charge in [-0.15, -0.1) is 11.3 Å². The molecule has 2 fully saturated rings. The Morgan fingerprint density at radius 3 is 2.76 bits per heavy atom. The highest BCUT2D eigenvalue weighted by molar-refractivity contribution is 7.71. The van der Waals surface area contributed by atoms with Gasteiger partial charge >= 0.3 is 0 Å². The summed E-state index contributed by atoms with van der Waals surface area (Å²) in [5, 5.41) is 12.5. The van der Waals surface area contributed by atoms with Crippen molar-refractivity contribution in [3.63, 3.8) is 0 Å². The lowest BCUT2D eigenvalue weighted by Crippen LogP contribution is -2.47. The number of carbonyl (C=O) groups excluding carboxylic acids is 1. The summed E-state index contributed by atoms with van der Waals surface area (Å²) in [6.45, 7) is 5.31. The second-order valence-corrected chi connectivity index (χ2v) is 9.80. The van der Waals surface area contributed by atoms with Gasteiger partial charge in [0.2, 0.25) is 5.91 Å². The number of hydrogen-bond acceptors (Lipinski definition) is 5. The van der Waals surface area contributed by atoms with Gasteiger partial charge in [0.05, 0.1) is 4.88 Å². The first kappa shape index (κ1) is 20.8. The lowest BCUT2D eigenvalue weighted by atomic mass is 9.88. The Morgan fingerprint density at radius 1 is 1.31 bits per heavy atom. The van der Waals surface area contributed by atoms with Crippen LogP contribution in [0.4, 0.5) is 0 Å². The standard InChI is InChI=1S/C21H31N5OS2/c1-15(26-19(23-24-21(26)28)18-8-5-13-29-18)20(27)22-17-9-11-25(12-10-17)14-16-6-3-2-4-7-16/h5,8,13,15-17H,2-4,6-7,9-12,14H2,1H3,(H,22,27)(H,24,28). The number of nitrogens with zero attached hydrogens (tertiary/aromatic N) is 3. The van der Waals surface area contributed by atoms with Crippen LogP contribution < -0.4 is 5.32 Å². The molecule has 158 valence electrons. The third kappa shape index (κ3) is 4.98. The molecule has 1 aliphatic heterocycles. The molecule has 1 unspecified atom stereocenters. The number of piperidine rings is 1. The highest BCUT2D eigenvalue weighted by Gasteiger charge is 2.27. The van der Waals surface area contributed by atoms with E-state index in [1.54, 1.807) is 11.3 Å². The van der Waals surface area contributed by atoms with E-state index in [-0.39, 0.29) is 11.9 Å². The average molecular weight is 434 g/mol.